The monoisotopic (exact) mass is 286 g/mol. The van der Waals surface area contributed by atoms with Gasteiger partial charge in [0.25, 0.3) is 0 Å². The van der Waals surface area contributed by atoms with Gasteiger partial charge in [-0.25, -0.2) is 4.98 Å². The molecule has 0 bridgehead atoms. The maximum Gasteiger partial charge on any atom is 0.228 e. The summed E-state index contributed by atoms with van der Waals surface area (Å²) in [6.45, 7) is 1.70. The Hall–Kier alpha value is -2.37. The van der Waals surface area contributed by atoms with Gasteiger partial charge in [-0.2, -0.15) is 4.98 Å². The molecule has 3 heterocycles. The summed E-state index contributed by atoms with van der Waals surface area (Å²) in [7, 11) is 1.61. The molecule has 0 aliphatic carbocycles. The van der Waals surface area contributed by atoms with E-state index >= 15 is 0 Å². The van der Waals surface area contributed by atoms with Crippen molar-refractivity contribution in [1.29, 1.82) is 0 Å². The van der Waals surface area contributed by atoms with Crippen LogP contribution in [0.25, 0.3) is 0 Å². The molecule has 1 aliphatic heterocycles. The van der Waals surface area contributed by atoms with Crippen LogP contribution in [0, 0.1) is 0 Å². The molecule has 0 aromatic carbocycles. The summed E-state index contributed by atoms with van der Waals surface area (Å²) < 4.78 is 11.1. The van der Waals surface area contributed by atoms with E-state index in [1.165, 1.54) is 0 Å². The molecule has 0 radical (unpaired) electrons. The second kappa shape index (κ2) is 6.39. The van der Waals surface area contributed by atoms with Crippen molar-refractivity contribution in [2.75, 3.05) is 25.1 Å². The van der Waals surface area contributed by atoms with Crippen LogP contribution in [0.1, 0.15) is 12.8 Å². The van der Waals surface area contributed by atoms with Crippen LogP contribution >= 0.6 is 0 Å². The van der Waals surface area contributed by atoms with Gasteiger partial charge in [0.1, 0.15) is 11.9 Å². The minimum atomic E-state index is 0.123. The maximum absolute atomic E-state index is 5.97. The lowest BCUT2D eigenvalue weighted by Gasteiger charge is -2.32. The van der Waals surface area contributed by atoms with Gasteiger partial charge in [-0.15, -0.1) is 0 Å². The number of hydrogen-bond acceptors (Lipinski definition) is 6. The molecule has 1 fully saturated rings. The number of hydrogen-bond donors (Lipinski definition) is 0. The van der Waals surface area contributed by atoms with Gasteiger partial charge in [-0.05, 0) is 25.0 Å². The van der Waals surface area contributed by atoms with Crippen molar-refractivity contribution in [3.63, 3.8) is 0 Å². The van der Waals surface area contributed by atoms with E-state index in [9.17, 15) is 0 Å². The highest BCUT2D eigenvalue weighted by molar-refractivity contribution is 5.33. The average Bonchev–Trinajstić information content (AvgIpc) is 2.56. The van der Waals surface area contributed by atoms with Gasteiger partial charge in [0, 0.05) is 25.0 Å². The fourth-order valence-corrected chi connectivity index (χ4v) is 2.42. The van der Waals surface area contributed by atoms with Gasteiger partial charge in [0.15, 0.2) is 0 Å². The molecular weight excluding hydrogens is 268 g/mol. The van der Waals surface area contributed by atoms with Crippen LogP contribution in [0.3, 0.4) is 0 Å². The Morgan fingerprint density at radius 3 is 3.05 bits per heavy atom. The number of ether oxygens (including phenoxy) is 2. The molecule has 6 nitrogen and oxygen atoms in total. The number of aromatic nitrogens is 3. The van der Waals surface area contributed by atoms with Gasteiger partial charge in [-0.3, -0.25) is 4.98 Å². The van der Waals surface area contributed by atoms with E-state index in [4.69, 9.17) is 9.47 Å². The highest BCUT2D eigenvalue weighted by Gasteiger charge is 2.23. The summed E-state index contributed by atoms with van der Waals surface area (Å²) >= 11 is 0. The van der Waals surface area contributed by atoms with E-state index in [-0.39, 0.29) is 6.10 Å². The number of methoxy groups -OCH3 is 1. The smallest absolute Gasteiger partial charge is 0.228 e. The fraction of sp³-hybridized carbons (Fsp3) is 0.400. The highest BCUT2D eigenvalue weighted by atomic mass is 16.5. The van der Waals surface area contributed by atoms with Crippen molar-refractivity contribution < 1.29 is 9.47 Å². The Kier molecular flexibility index (Phi) is 4.14. The van der Waals surface area contributed by atoms with Crippen molar-refractivity contribution in [1.82, 2.24) is 15.0 Å². The zero-order chi connectivity index (χ0) is 14.5. The summed E-state index contributed by atoms with van der Waals surface area (Å²) in [5.41, 5.74) is 0. The van der Waals surface area contributed by atoms with Crippen molar-refractivity contribution in [3.05, 3.63) is 36.8 Å². The van der Waals surface area contributed by atoms with E-state index in [2.05, 4.69) is 19.9 Å². The standard InChI is InChI=1S/C15H18N4O2/c1-20-14-6-8-17-15(18-14)19-9-3-5-13(11-19)21-12-4-2-7-16-10-12/h2,4,6-8,10,13H,3,5,9,11H2,1H3. The van der Waals surface area contributed by atoms with Gasteiger partial charge in [0.2, 0.25) is 11.8 Å². The zero-order valence-corrected chi connectivity index (χ0v) is 12.0. The third-order valence-electron chi connectivity index (χ3n) is 3.42. The van der Waals surface area contributed by atoms with Crippen molar-refractivity contribution in [3.8, 4) is 11.6 Å². The maximum atomic E-state index is 5.97. The Labute approximate surface area is 123 Å². The molecule has 21 heavy (non-hydrogen) atoms. The van der Waals surface area contributed by atoms with E-state index in [1.54, 1.807) is 31.8 Å². The van der Waals surface area contributed by atoms with Crippen molar-refractivity contribution in [2.24, 2.45) is 0 Å². The Morgan fingerprint density at radius 1 is 1.29 bits per heavy atom. The normalized spacial score (nSPS) is 18.3. The highest BCUT2D eigenvalue weighted by Crippen LogP contribution is 2.21. The Bertz CT molecular complexity index is 579. The molecule has 0 N–H and O–H groups in total. The van der Waals surface area contributed by atoms with Crippen LogP contribution in [-0.4, -0.2) is 41.3 Å². The minimum absolute atomic E-state index is 0.123. The molecular formula is C15H18N4O2. The lowest BCUT2D eigenvalue weighted by molar-refractivity contribution is 0.178. The van der Waals surface area contributed by atoms with E-state index < -0.39 is 0 Å². The first-order valence-electron chi connectivity index (χ1n) is 7.04. The number of pyridine rings is 1. The third-order valence-corrected chi connectivity index (χ3v) is 3.42. The minimum Gasteiger partial charge on any atom is -0.487 e. The average molecular weight is 286 g/mol. The molecule has 2 aromatic heterocycles. The van der Waals surface area contributed by atoms with Crippen LogP contribution in [0.15, 0.2) is 36.8 Å². The first kappa shape index (κ1) is 13.6. The molecule has 2 aromatic rings. The summed E-state index contributed by atoms with van der Waals surface area (Å²) in [6.07, 6.45) is 7.39. The lowest BCUT2D eigenvalue weighted by atomic mass is 10.1. The van der Waals surface area contributed by atoms with Crippen LogP contribution in [0.2, 0.25) is 0 Å². The fourth-order valence-electron chi connectivity index (χ4n) is 2.42. The van der Waals surface area contributed by atoms with Crippen LogP contribution in [-0.2, 0) is 0 Å². The molecule has 110 valence electrons. The molecule has 1 unspecified atom stereocenters. The number of piperidine rings is 1. The second-order valence-corrected chi connectivity index (χ2v) is 4.92. The van der Waals surface area contributed by atoms with Crippen molar-refractivity contribution in [2.45, 2.75) is 18.9 Å². The molecule has 1 atom stereocenters. The van der Waals surface area contributed by atoms with Crippen LogP contribution in [0.4, 0.5) is 5.95 Å². The number of anilines is 1. The molecule has 0 spiro atoms. The largest absolute Gasteiger partial charge is 0.487 e. The van der Waals surface area contributed by atoms with E-state index in [0.29, 0.717) is 11.8 Å². The van der Waals surface area contributed by atoms with Gasteiger partial charge >= 0.3 is 0 Å². The lowest BCUT2D eigenvalue weighted by Crippen LogP contribution is -2.42. The summed E-state index contributed by atoms with van der Waals surface area (Å²) in [5.74, 6) is 2.07. The summed E-state index contributed by atoms with van der Waals surface area (Å²) in [6, 6.07) is 5.55. The van der Waals surface area contributed by atoms with E-state index in [0.717, 1.165) is 31.7 Å². The Morgan fingerprint density at radius 2 is 2.24 bits per heavy atom. The van der Waals surface area contributed by atoms with Gasteiger partial charge in [-0.1, -0.05) is 0 Å². The van der Waals surface area contributed by atoms with Crippen LogP contribution in [0.5, 0.6) is 11.6 Å². The number of rotatable bonds is 4. The molecule has 0 saturated carbocycles. The van der Waals surface area contributed by atoms with E-state index in [1.807, 2.05) is 12.1 Å². The molecule has 1 saturated heterocycles. The zero-order valence-electron chi connectivity index (χ0n) is 12.0. The van der Waals surface area contributed by atoms with Gasteiger partial charge in [0.05, 0.1) is 19.9 Å². The Balaban J connectivity index is 1.67. The third kappa shape index (κ3) is 3.39. The van der Waals surface area contributed by atoms with Gasteiger partial charge < -0.3 is 14.4 Å². The second-order valence-electron chi connectivity index (χ2n) is 4.92. The molecule has 1 aliphatic rings. The van der Waals surface area contributed by atoms with Crippen molar-refractivity contribution >= 4 is 5.95 Å². The summed E-state index contributed by atoms with van der Waals surface area (Å²) in [5, 5.41) is 0. The van der Waals surface area contributed by atoms with Crippen LogP contribution < -0.4 is 14.4 Å². The first-order chi connectivity index (χ1) is 10.3. The molecule has 0 amide bonds. The molecule has 6 heteroatoms. The summed E-state index contributed by atoms with van der Waals surface area (Å²) in [4.78, 5) is 14.9. The SMILES string of the molecule is COc1ccnc(N2CCCC(Oc3cccnc3)C2)n1. The first-order valence-corrected chi connectivity index (χ1v) is 7.04. The predicted octanol–water partition coefficient (Wildman–Crippen LogP) is 1.93. The predicted molar refractivity (Wildman–Crippen MR) is 78.7 cm³/mol. The quantitative estimate of drug-likeness (QED) is 0.856. The number of nitrogens with zero attached hydrogens (tertiary/aromatic N) is 4. The molecule has 3 rings (SSSR count). The topological polar surface area (TPSA) is 60.4 Å².